The van der Waals surface area contributed by atoms with Crippen LogP contribution in [-0.4, -0.2) is 31.1 Å². The van der Waals surface area contributed by atoms with Gasteiger partial charge in [0.15, 0.2) is 0 Å². The van der Waals surface area contributed by atoms with E-state index in [0.717, 1.165) is 6.42 Å². The van der Waals surface area contributed by atoms with Gasteiger partial charge in [-0.15, -0.1) is 0 Å². The molecular weight excluding hydrogens is 547 g/mol. The van der Waals surface area contributed by atoms with Crippen molar-refractivity contribution in [2.24, 2.45) is 23.7 Å². The second kappa shape index (κ2) is 12.5. The van der Waals surface area contributed by atoms with Gasteiger partial charge in [0.1, 0.15) is 8.24 Å². The monoisotopic (exact) mass is 584 g/mol. The van der Waals surface area contributed by atoms with Crippen LogP contribution in [-0.2, 0) is 17.0 Å². The zero-order chi connectivity index (χ0) is 25.3. The number of allylic oxidation sites excluding steroid dienone is 10. The van der Waals surface area contributed by atoms with Crippen molar-refractivity contribution in [3.05, 3.63) is 115 Å². The SMILES string of the molecule is CC[C@H]1[N-]C2C(c3ccccc3)=CC=C[C@H]2N1[Si](C)(C)C1C2C=CC=CC2C2C=CC=CC21.[CH3-].[Cl][Ti][Cl]. The van der Waals surface area contributed by atoms with Gasteiger partial charge in [0.2, 0.25) is 0 Å². The molecule has 0 N–H and O–H groups in total. The van der Waals surface area contributed by atoms with Gasteiger partial charge in [-0.1, -0.05) is 141 Å². The van der Waals surface area contributed by atoms with Crippen molar-refractivity contribution in [3.63, 3.8) is 0 Å². The Kier molecular flexibility index (Phi) is 9.84. The molecule has 0 amide bonds. The summed E-state index contributed by atoms with van der Waals surface area (Å²) in [6, 6.07) is 11.5. The number of hydrogen-bond acceptors (Lipinski definition) is 1. The molecule has 1 aliphatic heterocycles. The molecule has 1 aromatic carbocycles. The van der Waals surface area contributed by atoms with Gasteiger partial charge in [0.05, 0.1) is 0 Å². The molecule has 1 heterocycles. The number of rotatable bonds is 4. The average molecular weight is 586 g/mol. The molecule has 1 saturated heterocycles. The Labute approximate surface area is 242 Å². The summed E-state index contributed by atoms with van der Waals surface area (Å²) in [6.07, 6.45) is 27.6. The van der Waals surface area contributed by atoms with Crippen molar-refractivity contribution < 1.29 is 17.0 Å². The Morgan fingerprint density at radius 3 is 1.92 bits per heavy atom. The van der Waals surface area contributed by atoms with Crippen LogP contribution in [0.25, 0.3) is 10.9 Å². The molecule has 4 aliphatic carbocycles. The van der Waals surface area contributed by atoms with Gasteiger partial charge in [-0.3, -0.25) is 0 Å². The Hall–Kier alpha value is -0.909. The first kappa shape index (κ1) is 29.1. The van der Waals surface area contributed by atoms with Crippen molar-refractivity contribution in [1.29, 1.82) is 0 Å². The van der Waals surface area contributed by atoms with Crippen molar-refractivity contribution in [2.75, 3.05) is 0 Å². The third-order valence-electron chi connectivity index (χ3n) is 8.87. The molecule has 0 bridgehead atoms. The minimum absolute atomic E-state index is 0. The van der Waals surface area contributed by atoms with Crippen molar-refractivity contribution in [1.82, 2.24) is 4.57 Å². The quantitative estimate of drug-likeness (QED) is 0.255. The Morgan fingerprint density at radius 2 is 1.38 bits per heavy atom. The van der Waals surface area contributed by atoms with Crippen LogP contribution in [0.1, 0.15) is 18.9 Å². The summed E-state index contributed by atoms with van der Waals surface area (Å²) in [5, 5.41) is 5.49. The molecule has 2 fully saturated rings. The first-order valence-corrected chi connectivity index (χ1v) is 20.4. The molecule has 6 heteroatoms. The summed E-state index contributed by atoms with van der Waals surface area (Å²) in [7, 11) is 7.89. The van der Waals surface area contributed by atoms with E-state index in [2.05, 4.69) is 122 Å². The molecule has 6 rings (SSSR count). The molecule has 1 saturated carbocycles. The number of halogens is 2. The maximum absolute atomic E-state index is 5.49. The van der Waals surface area contributed by atoms with E-state index in [1.54, 1.807) is 0 Å². The van der Waals surface area contributed by atoms with E-state index < -0.39 is 25.3 Å². The van der Waals surface area contributed by atoms with Crippen LogP contribution < -0.4 is 0 Å². The van der Waals surface area contributed by atoms with Gasteiger partial charge < -0.3 is 17.3 Å². The molecule has 0 aromatic heterocycles. The van der Waals surface area contributed by atoms with Crippen LogP contribution in [0.5, 0.6) is 0 Å². The minimum atomic E-state index is -1.89. The van der Waals surface area contributed by atoms with Gasteiger partial charge in [-0.25, -0.2) is 0 Å². The number of nitrogens with zero attached hydrogens (tertiary/aromatic N) is 2. The zero-order valence-corrected chi connectivity index (χ0v) is 26.3. The maximum atomic E-state index is 5.49. The summed E-state index contributed by atoms with van der Waals surface area (Å²) >= 11 is -0.556. The van der Waals surface area contributed by atoms with Crippen LogP contribution >= 0.6 is 18.6 Å². The van der Waals surface area contributed by atoms with Crippen LogP contribution in [0.4, 0.5) is 0 Å². The van der Waals surface area contributed by atoms with E-state index in [4.69, 9.17) is 23.9 Å². The molecule has 0 spiro atoms. The summed E-state index contributed by atoms with van der Waals surface area (Å²) in [5.41, 5.74) is 3.40. The summed E-state index contributed by atoms with van der Waals surface area (Å²) in [6.45, 7) is 7.61. The normalized spacial score (nSPS) is 35.0. The topological polar surface area (TPSA) is 17.3 Å². The Bertz CT molecular complexity index is 1080. The molecule has 7 atom stereocenters. The number of fused-ring (bicyclic) bond motifs is 4. The van der Waals surface area contributed by atoms with Crippen LogP contribution in [0.15, 0.2) is 97.2 Å². The van der Waals surface area contributed by atoms with Crippen LogP contribution in [0.3, 0.4) is 0 Å². The van der Waals surface area contributed by atoms with Gasteiger partial charge >= 0.3 is 35.6 Å². The third-order valence-corrected chi connectivity index (χ3v) is 13.2. The van der Waals surface area contributed by atoms with Crippen molar-refractivity contribution >= 4 is 32.4 Å². The molecule has 2 nitrogen and oxygen atoms in total. The Balaban J connectivity index is 0.000000765. The Morgan fingerprint density at radius 1 is 0.838 bits per heavy atom. The van der Waals surface area contributed by atoms with Gasteiger partial charge in [-0.2, -0.15) is 0 Å². The molecule has 5 aliphatic rings. The number of benzene rings is 1. The second-order valence-corrected chi connectivity index (χ2v) is 17.9. The van der Waals surface area contributed by atoms with Crippen molar-refractivity contribution in [2.45, 2.75) is 50.2 Å². The van der Waals surface area contributed by atoms with Gasteiger partial charge in [-0.05, 0) is 34.8 Å². The summed E-state index contributed by atoms with van der Waals surface area (Å²) in [5.74, 6) is 2.53. The van der Waals surface area contributed by atoms with E-state index in [9.17, 15) is 0 Å². The van der Waals surface area contributed by atoms with Gasteiger partial charge in [0.25, 0.3) is 0 Å². The molecule has 1 aromatic rings. The first-order valence-electron chi connectivity index (χ1n) is 13.1. The predicted molar refractivity (Wildman–Crippen MR) is 160 cm³/mol. The third kappa shape index (κ3) is 5.31. The van der Waals surface area contributed by atoms with Crippen LogP contribution in [0.2, 0.25) is 18.6 Å². The van der Waals surface area contributed by atoms with Gasteiger partial charge in [0, 0.05) is 6.04 Å². The second-order valence-electron chi connectivity index (χ2n) is 10.9. The first-order chi connectivity index (χ1) is 17.5. The van der Waals surface area contributed by atoms with Crippen LogP contribution in [0, 0.1) is 31.1 Å². The fraction of sp³-hybridized carbons (Fsp3) is 0.387. The summed E-state index contributed by atoms with van der Waals surface area (Å²) < 4.78 is 2.92. The van der Waals surface area contributed by atoms with E-state index >= 15 is 0 Å². The fourth-order valence-corrected chi connectivity index (χ4v) is 12.5. The molecular formula is C31H38Cl2N2SiTi-2. The molecule has 0 radical (unpaired) electrons. The molecule has 37 heavy (non-hydrogen) atoms. The molecule has 196 valence electrons. The van der Waals surface area contributed by atoms with Crippen molar-refractivity contribution in [3.8, 4) is 0 Å². The average Bonchev–Trinajstić information content (AvgIpc) is 3.46. The fourth-order valence-electron chi connectivity index (χ4n) is 7.64. The predicted octanol–water partition coefficient (Wildman–Crippen LogP) is 8.93. The number of hydrogen-bond donors (Lipinski definition) is 0. The zero-order valence-electron chi connectivity index (χ0n) is 22.2. The van der Waals surface area contributed by atoms with E-state index in [1.165, 1.54) is 11.1 Å². The molecule has 5 unspecified atom stereocenters. The summed E-state index contributed by atoms with van der Waals surface area (Å²) in [4.78, 5) is 0. The standard InChI is InChI=1S/C30H35N2Si.CH3.2ClH.Ti/c1-4-28-31-29-22(21-13-6-5-7-14-21)19-12-20-27(29)32(28)33(2,3)30-25-17-10-8-15-23(25)24-16-9-11-18-26(24)30;;;;/h5-20,23-30H,4H2,1-3H3;1H3;2*1H;/q2*-1;;;+2/p-2/t23?,24?,25?,26?,27-,28+,29?,30?;;;;/m1..../s1. The van der Waals surface area contributed by atoms with E-state index in [0.29, 0.717) is 41.4 Å². The van der Waals surface area contributed by atoms with E-state index in [1.807, 2.05) is 0 Å². The van der Waals surface area contributed by atoms with E-state index in [-0.39, 0.29) is 13.5 Å².